The highest BCUT2D eigenvalue weighted by molar-refractivity contribution is 6.31. The van der Waals surface area contributed by atoms with Crippen LogP contribution in [0.2, 0.25) is 5.02 Å². The van der Waals surface area contributed by atoms with Crippen LogP contribution in [-0.2, 0) is 6.54 Å². The molecule has 0 unspecified atom stereocenters. The molecule has 16 heavy (non-hydrogen) atoms. The zero-order chi connectivity index (χ0) is 12.2. The zero-order valence-electron chi connectivity index (χ0n) is 10.5. The molecule has 0 aliphatic carbocycles. The molecule has 2 nitrogen and oxygen atoms in total. The van der Waals surface area contributed by atoms with E-state index in [1.165, 1.54) is 0 Å². The molecule has 90 valence electrons. The maximum Gasteiger partial charge on any atom is 0.0450 e. The normalized spacial score (nSPS) is 12.1. The van der Waals surface area contributed by atoms with Gasteiger partial charge in [0.15, 0.2) is 0 Å². The monoisotopic (exact) mass is 240 g/mol. The van der Waals surface area contributed by atoms with Gasteiger partial charge in [-0.3, -0.25) is 0 Å². The van der Waals surface area contributed by atoms with Gasteiger partial charge in [-0.1, -0.05) is 29.8 Å². The number of hydrogen-bond acceptors (Lipinski definition) is 2. The van der Waals surface area contributed by atoms with Crippen molar-refractivity contribution in [1.82, 2.24) is 10.2 Å². The molecule has 1 rings (SSSR count). The fourth-order valence-corrected chi connectivity index (χ4v) is 1.51. The average molecular weight is 241 g/mol. The van der Waals surface area contributed by atoms with Crippen LogP contribution in [0.1, 0.15) is 19.4 Å². The van der Waals surface area contributed by atoms with Crippen LogP contribution in [0.15, 0.2) is 24.3 Å². The molecule has 0 heterocycles. The largest absolute Gasteiger partial charge is 0.311 e. The number of rotatable bonds is 5. The molecule has 0 saturated heterocycles. The molecule has 1 N–H and O–H groups in total. The molecule has 0 amide bonds. The fourth-order valence-electron chi connectivity index (χ4n) is 1.30. The minimum atomic E-state index is 0.154. The predicted octanol–water partition coefficient (Wildman–Crippen LogP) is 2.77. The standard InChI is InChI=1S/C13H21ClN2/c1-13(2,16(3)4)10-15-9-11-7-5-6-8-12(11)14/h5-8,15H,9-10H2,1-4H3. The maximum atomic E-state index is 6.09. The highest BCUT2D eigenvalue weighted by Crippen LogP contribution is 2.15. The Morgan fingerprint density at radius 3 is 2.44 bits per heavy atom. The highest BCUT2D eigenvalue weighted by atomic mass is 35.5. The molecule has 0 radical (unpaired) electrons. The summed E-state index contributed by atoms with van der Waals surface area (Å²) in [6, 6.07) is 7.95. The van der Waals surface area contributed by atoms with Crippen molar-refractivity contribution in [2.24, 2.45) is 0 Å². The van der Waals surface area contributed by atoms with Gasteiger partial charge in [-0.05, 0) is 39.6 Å². The molecule has 0 aliphatic heterocycles. The van der Waals surface area contributed by atoms with Gasteiger partial charge in [0.05, 0.1) is 0 Å². The zero-order valence-corrected chi connectivity index (χ0v) is 11.3. The number of nitrogens with zero attached hydrogens (tertiary/aromatic N) is 1. The second kappa shape index (κ2) is 5.67. The Labute approximate surface area is 104 Å². The lowest BCUT2D eigenvalue weighted by Crippen LogP contribution is -2.46. The Morgan fingerprint density at radius 2 is 1.88 bits per heavy atom. The van der Waals surface area contributed by atoms with E-state index in [-0.39, 0.29) is 5.54 Å². The van der Waals surface area contributed by atoms with Gasteiger partial charge in [0.25, 0.3) is 0 Å². The molecule has 0 spiro atoms. The molecule has 0 saturated carbocycles. The Morgan fingerprint density at radius 1 is 1.25 bits per heavy atom. The van der Waals surface area contributed by atoms with E-state index in [0.717, 1.165) is 23.7 Å². The van der Waals surface area contributed by atoms with Crippen molar-refractivity contribution in [2.45, 2.75) is 25.9 Å². The first kappa shape index (κ1) is 13.5. The first-order chi connectivity index (χ1) is 7.43. The maximum absolute atomic E-state index is 6.09. The number of likely N-dealkylation sites (N-methyl/N-ethyl adjacent to an activating group) is 1. The summed E-state index contributed by atoms with van der Waals surface area (Å²) in [5, 5.41) is 4.27. The van der Waals surface area contributed by atoms with E-state index in [1.807, 2.05) is 18.2 Å². The minimum Gasteiger partial charge on any atom is -0.311 e. The van der Waals surface area contributed by atoms with Gasteiger partial charge in [0, 0.05) is 23.7 Å². The van der Waals surface area contributed by atoms with Crippen LogP contribution in [0.5, 0.6) is 0 Å². The van der Waals surface area contributed by atoms with Gasteiger partial charge < -0.3 is 10.2 Å². The van der Waals surface area contributed by atoms with E-state index in [1.54, 1.807) is 0 Å². The van der Waals surface area contributed by atoms with Crippen LogP contribution < -0.4 is 5.32 Å². The summed E-state index contributed by atoms with van der Waals surface area (Å²) in [7, 11) is 4.19. The number of benzene rings is 1. The number of nitrogens with one attached hydrogen (secondary N) is 1. The summed E-state index contributed by atoms with van der Waals surface area (Å²) in [4.78, 5) is 2.21. The van der Waals surface area contributed by atoms with Crippen molar-refractivity contribution in [3.05, 3.63) is 34.9 Å². The molecule has 0 aliphatic rings. The lowest BCUT2D eigenvalue weighted by molar-refractivity contribution is 0.190. The van der Waals surface area contributed by atoms with Gasteiger partial charge in [0.1, 0.15) is 0 Å². The van der Waals surface area contributed by atoms with Crippen LogP contribution in [0.3, 0.4) is 0 Å². The lowest BCUT2D eigenvalue weighted by atomic mass is 10.0. The van der Waals surface area contributed by atoms with Crippen molar-refractivity contribution < 1.29 is 0 Å². The molecule has 1 aromatic rings. The predicted molar refractivity (Wildman–Crippen MR) is 70.9 cm³/mol. The highest BCUT2D eigenvalue weighted by Gasteiger charge is 2.19. The van der Waals surface area contributed by atoms with Crippen molar-refractivity contribution in [3.63, 3.8) is 0 Å². The van der Waals surface area contributed by atoms with Gasteiger partial charge >= 0.3 is 0 Å². The van der Waals surface area contributed by atoms with Crippen LogP contribution in [0.4, 0.5) is 0 Å². The molecular formula is C13H21ClN2. The summed E-state index contributed by atoms with van der Waals surface area (Å²) < 4.78 is 0. The van der Waals surface area contributed by atoms with Crippen LogP contribution in [-0.4, -0.2) is 31.1 Å². The third-order valence-corrected chi connectivity index (χ3v) is 3.41. The van der Waals surface area contributed by atoms with Crippen LogP contribution in [0.25, 0.3) is 0 Å². The average Bonchev–Trinajstić information content (AvgIpc) is 2.20. The van der Waals surface area contributed by atoms with E-state index < -0.39 is 0 Å². The number of halogens is 1. The second-order valence-electron chi connectivity index (χ2n) is 4.90. The number of hydrogen-bond donors (Lipinski definition) is 1. The first-order valence-corrected chi connectivity index (χ1v) is 5.93. The van der Waals surface area contributed by atoms with E-state index in [2.05, 4.69) is 44.2 Å². The summed E-state index contributed by atoms with van der Waals surface area (Å²) >= 11 is 6.09. The second-order valence-corrected chi connectivity index (χ2v) is 5.31. The summed E-state index contributed by atoms with van der Waals surface area (Å²) in [6.07, 6.45) is 0. The molecule has 1 aromatic carbocycles. The summed E-state index contributed by atoms with van der Waals surface area (Å²) in [5.41, 5.74) is 1.31. The van der Waals surface area contributed by atoms with Crippen molar-refractivity contribution >= 4 is 11.6 Å². The van der Waals surface area contributed by atoms with Gasteiger partial charge in [-0.15, -0.1) is 0 Å². The quantitative estimate of drug-likeness (QED) is 0.852. The smallest absolute Gasteiger partial charge is 0.0450 e. The lowest BCUT2D eigenvalue weighted by Gasteiger charge is -2.32. The van der Waals surface area contributed by atoms with Gasteiger partial charge in [0.2, 0.25) is 0 Å². The SMILES string of the molecule is CN(C)C(C)(C)CNCc1ccccc1Cl. The summed E-state index contributed by atoms with van der Waals surface area (Å²) in [6.45, 7) is 6.18. The molecule has 0 bridgehead atoms. The van der Waals surface area contributed by atoms with E-state index in [4.69, 9.17) is 11.6 Å². The topological polar surface area (TPSA) is 15.3 Å². The Hall–Kier alpha value is -0.570. The third-order valence-electron chi connectivity index (χ3n) is 3.04. The van der Waals surface area contributed by atoms with Crippen LogP contribution >= 0.6 is 11.6 Å². The fraction of sp³-hybridized carbons (Fsp3) is 0.538. The van der Waals surface area contributed by atoms with Gasteiger partial charge in [-0.2, -0.15) is 0 Å². The van der Waals surface area contributed by atoms with Crippen LogP contribution in [0, 0.1) is 0 Å². The minimum absolute atomic E-state index is 0.154. The molecular weight excluding hydrogens is 220 g/mol. The molecule has 0 atom stereocenters. The molecule has 0 aromatic heterocycles. The van der Waals surface area contributed by atoms with Gasteiger partial charge in [-0.25, -0.2) is 0 Å². The van der Waals surface area contributed by atoms with Crippen molar-refractivity contribution in [2.75, 3.05) is 20.6 Å². The van der Waals surface area contributed by atoms with E-state index in [0.29, 0.717) is 0 Å². The summed E-state index contributed by atoms with van der Waals surface area (Å²) in [5.74, 6) is 0. The van der Waals surface area contributed by atoms with E-state index >= 15 is 0 Å². The first-order valence-electron chi connectivity index (χ1n) is 5.55. The Bertz CT molecular complexity index is 334. The molecule has 3 heteroatoms. The van der Waals surface area contributed by atoms with E-state index in [9.17, 15) is 0 Å². The van der Waals surface area contributed by atoms with Crippen molar-refractivity contribution in [1.29, 1.82) is 0 Å². The Kier molecular flexibility index (Phi) is 4.78. The third kappa shape index (κ3) is 3.78. The van der Waals surface area contributed by atoms with Crippen molar-refractivity contribution in [3.8, 4) is 0 Å². The molecule has 0 fully saturated rings. The Balaban J connectivity index is 2.45.